The monoisotopic (exact) mass is 232 g/mol. The third-order valence-corrected chi connectivity index (χ3v) is 3.32. The van der Waals surface area contributed by atoms with Crippen molar-refractivity contribution in [2.24, 2.45) is 5.92 Å². The first kappa shape index (κ1) is 12.4. The van der Waals surface area contributed by atoms with Crippen LogP contribution in [-0.2, 0) is 6.42 Å². The SMILES string of the molecule is CC(C)CNCCN1CCCc2ccccc21. The first-order chi connectivity index (χ1) is 8.27. The zero-order chi connectivity index (χ0) is 12.1. The largest absolute Gasteiger partial charge is 0.370 e. The predicted molar refractivity (Wildman–Crippen MR) is 74.7 cm³/mol. The van der Waals surface area contributed by atoms with Crippen LogP contribution in [0.15, 0.2) is 24.3 Å². The minimum Gasteiger partial charge on any atom is -0.370 e. The fourth-order valence-electron chi connectivity index (χ4n) is 2.45. The number of nitrogens with zero attached hydrogens (tertiary/aromatic N) is 1. The van der Waals surface area contributed by atoms with Gasteiger partial charge in [0.05, 0.1) is 0 Å². The molecule has 0 bridgehead atoms. The molecule has 1 N–H and O–H groups in total. The van der Waals surface area contributed by atoms with Gasteiger partial charge >= 0.3 is 0 Å². The van der Waals surface area contributed by atoms with Gasteiger partial charge in [0.15, 0.2) is 0 Å². The van der Waals surface area contributed by atoms with Gasteiger partial charge in [-0.05, 0) is 36.9 Å². The van der Waals surface area contributed by atoms with Gasteiger partial charge in [0.2, 0.25) is 0 Å². The first-order valence-electron chi connectivity index (χ1n) is 6.81. The Morgan fingerprint density at radius 1 is 1.29 bits per heavy atom. The Balaban J connectivity index is 1.86. The van der Waals surface area contributed by atoms with Gasteiger partial charge in [-0.3, -0.25) is 0 Å². The summed E-state index contributed by atoms with van der Waals surface area (Å²) in [6.07, 6.45) is 2.54. The highest BCUT2D eigenvalue weighted by Gasteiger charge is 2.15. The molecule has 1 aromatic carbocycles. The second-order valence-electron chi connectivity index (χ2n) is 5.32. The van der Waals surface area contributed by atoms with Gasteiger partial charge < -0.3 is 10.2 Å². The van der Waals surface area contributed by atoms with Gasteiger partial charge in [0.25, 0.3) is 0 Å². The molecule has 0 aromatic heterocycles. The van der Waals surface area contributed by atoms with Crippen molar-refractivity contribution in [2.45, 2.75) is 26.7 Å². The highest BCUT2D eigenvalue weighted by molar-refractivity contribution is 5.55. The maximum absolute atomic E-state index is 3.52. The average Bonchev–Trinajstić information content (AvgIpc) is 2.34. The molecule has 94 valence electrons. The first-order valence-corrected chi connectivity index (χ1v) is 6.81. The highest BCUT2D eigenvalue weighted by atomic mass is 15.1. The molecule has 0 radical (unpaired) electrons. The van der Waals surface area contributed by atoms with E-state index >= 15 is 0 Å². The van der Waals surface area contributed by atoms with Crippen LogP contribution in [0.3, 0.4) is 0 Å². The van der Waals surface area contributed by atoms with Crippen molar-refractivity contribution in [3.63, 3.8) is 0 Å². The molecule has 0 aliphatic carbocycles. The Hall–Kier alpha value is -1.02. The molecular formula is C15H24N2. The number of para-hydroxylation sites is 1. The van der Waals surface area contributed by atoms with Crippen molar-refractivity contribution in [2.75, 3.05) is 31.1 Å². The van der Waals surface area contributed by atoms with Gasteiger partial charge in [0.1, 0.15) is 0 Å². The van der Waals surface area contributed by atoms with E-state index in [9.17, 15) is 0 Å². The number of rotatable bonds is 5. The van der Waals surface area contributed by atoms with E-state index in [1.807, 2.05) is 0 Å². The molecule has 2 heteroatoms. The van der Waals surface area contributed by atoms with Crippen molar-refractivity contribution in [1.82, 2.24) is 5.32 Å². The molecule has 0 amide bonds. The molecule has 2 rings (SSSR count). The second-order valence-corrected chi connectivity index (χ2v) is 5.32. The number of hydrogen-bond acceptors (Lipinski definition) is 2. The van der Waals surface area contributed by atoms with E-state index in [1.54, 1.807) is 0 Å². The summed E-state index contributed by atoms with van der Waals surface area (Å²) in [6, 6.07) is 8.83. The lowest BCUT2D eigenvalue weighted by Gasteiger charge is -2.31. The fourth-order valence-corrected chi connectivity index (χ4v) is 2.45. The number of anilines is 1. The van der Waals surface area contributed by atoms with Crippen LogP contribution in [0.5, 0.6) is 0 Å². The summed E-state index contributed by atoms with van der Waals surface area (Å²) in [5.74, 6) is 0.739. The molecule has 0 atom stereocenters. The third-order valence-electron chi connectivity index (χ3n) is 3.32. The van der Waals surface area contributed by atoms with Gasteiger partial charge in [-0.15, -0.1) is 0 Å². The molecule has 0 saturated carbocycles. The van der Waals surface area contributed by atoms with Gasteiger partial charge in [-0.25, -0.2) is 0 Å². The quantitative estimate of drug-likeness (QED) is 0.785. The van der Waals surface area contributed by atoms with Crippen LogP contribution in [0.2, 0.25) is 0 Å². The molecule has 1 heterocycles. The van der Waals surface area contributed by atoms with Gasteiger partial charge in [0, 0.05) is 25.3 Å². The van der Waals surface area contributed by atoms with Crippen LogP contribution in [0.4, 0.5) is 5.69 Å². The summed E-state index contributed by atoms with van der Waals surface area (Å²) in [5, 5.41) is 3.52. The molecule has 17 heavy (non-hydrogen) atoms. The Labute approximate surface area is 105 Å². The van der Waals surface area contributed by atoms with Gasteiger partial charge in [-0.2, -0.15) is 0 Å². The fraction of sp³-hybridized carbons (Fsp3) is 0.600. The lowest BCUT2D eigenvalue weighted by Crippen LogP contribution is -2.36. The molecule has 1 aliphatic rings. The maximum atomic E-state index is 3.52. The van der Waals surface area contributed by atoms with Crippen molar-refractivity contribution >= 4 is 5.69 Å². The Kier molecular flexibility index (Phi) is 4.43. The molecule has 0 unspecified atom stereocenters. The normalized spacial score (nSPS) is 15.1. The Bertz CT molecular complexity index is 347. The van der Waals surface area contributed by atoms with Crippen molar-refractivity contribution < 1.29 is 0 Å². The second kappa shape index (κ2) is 6.06. The van der Waals surface area contributed by atoms with E-state index in [1.165, 1.54) is 30.6 Å². The molecule has 0 saturated heterocycles. The molecule has 0 spiro atoms. The summed E-state index contributed by atoms with van der Waals surface area (Å²) >= 11 is 0. The van der Waals surface area contributed by atoms with Crippen LogP contribution in [0.25, 0.3) is 0 Å². The Morgan fingerprint density at radius 2 is 2.12 bits per heavy atom. The number of hydrogen-bond donors (Lipinski definition) is 1. The lowest BCUT2D eigenvalue weighted by molar-refractivity contribution is 0.546. The molecule has 0 fully saturated rings. The molecular weight excluding hydrogens is 208 g/mol. The summed E-state index contributed by atoms with van der Waals surface area (Å²) in [6.45, 7) is 9.05. The van der Waals surface area contributed by atoms with Crippen molar-refractivity contribution in [3.8, 4) is 0 Å². The summed E-state index contributed by atoms with van der Waals surface area (Å²) in [5.41, 5.74) is 2.97. The van der Waals surface area contributed by atoms with E-state index in [4.69, 9.17) is 0 Å². The summed E-state index contributed by atoms with van der Waals surface area (Å²) in [4.78, 5) is 2.52. The van der Waals surface area contributed by atoms with E-state index < -0.39 is 0 Å². The van der Waals surface area contributed by atoms with E-state index in [0.29, 0.717) is 0 Å². The number of benzene rings is 1. The molecule has 2 nitrogen and oxygen atoms in total. The topological polar surface area (TPSA) is 15.3 Å². The van der Waals surface area contributed by atoms with Crippen LogP contribution in [-0.4, -0.2) is 26.2 Å². The Morgan fingerprint density at radius 3 is 2.94 bits per heavy atom. The van der Waals surface area contributed by atoms with E-state index in [-0.39, 0.29) is 0 Å². The predicted octanol–water partition coefficient (Wildman–Crippen LogP) is 2.68. The number of aryl methyl sites for hydroxylation is 1. The minimum absolute atomic E-state index is 0.739. The average molecular weight is 232 g/mol. The van der Waals surface area contributed by atoms with E-state index in [0.717, 1.165) is 25.6 Å². The van der Waals surface area contributed by atoms with Crippen LogP contribution in [0.1, 0.15) is 25.8 Å². The van der Waals surface area contributed by atoms with Crippen LogP contribution in [0, 0.1) is 5.92 Å². The zero-order valence-corrected chi connectivity index (χ0v) is 11.1. The number of nitrogens with one attached hydrogen (secondary N) is 1. The third kappa shape index (κ3) is 3.47. The van der Waals surface area contributed by atoms with E-state index in [2.05, 4.69) is 48.3 Å². The standard InChI is InChI=1S/C15H24N2/c1-13(2)12-16-9-11-17-10-5-7-14-6-3-4-8-15(14)17/h3-4,6,8,13,16H,5,7,9-12H2,1-2H3. The van der Waals surface area contributed by atoms with Crippen molar-refractivity contribution in [3.05, 3.63) is 29.8 Å². The number of fused-ring (bicyclic) bond motifs is 1. The van der Waals surface area contributed by atoms with Crippen molar-refractivity contribution in [1.29, 1.82) is 0 Å². The lowest BCUT2D eigenvalue weighted by atomic mass is 10.0. The van der Waals surface area contributed by atoms with Gasteiger partial charge in [-0.1, -0.05) is 32.0 Å². The maximum Gasteiger partial charge on any atom is 0.0399 e. The molecule has 1 aromatic rings. The zero-order valence-electron chi connectivity index (χ0n) is 11.1. The molecule has 1 aliphatic heterocycles. The smallest absolute Gasteiger partial charge is 0.0399 e. The van der Waals surface area contributed by atoms with Crippen LogP contribution >= 0.6 is 0 Å². The summed E-state index contributed by atoms with van der Waals surface area (Å²) in [7, 11) is 0. The summed E-state index contributed by atoms with van der Waals surface area (Å²) < 4.78 is 0. The van der Waals surface area contributed by atoms with Crippen LogP contribution < -0.4 is 10.2 Å². The minimum atomic E-state index is 0.739. The highest BCUT2D eigenvalue weighted by Crippen LogP contribution is 2.25.